The Morgan fingerprint density at radius 2 is 1.71 bits per heavy atom. The summed E-state index contributed by atoms with van der Waals surface area (Å²) in [5, 5.41) is 7.04. The zero-order chi connectivity index (χ0) is 19.8. The summed E-state index contributed by atoms with van der Waals surface area (Å²) in [6, 6.07) is 16.3. The molecule has 5 heteroatoms. The average molecular weight is 400 g/mol. The second-order valence-electron chi connectivity index (χ2n) is 7.62. The molecule has 0 radical (unpaired) electrons. The lowest BCUT2D eigenvalue weighted by molar-refractivity contribution is -0.120. The topological polar surface area (TPSA) is 44.4 Å². The van der Waals surface area contributed by atoms with Gasteiger partial charge in [-0.05, 0) is 67.1 Å². The fraction of sp³-hybridized carbons (Fsp3) is 0.435. The first-order chi connectivity index (χ1) is 13.6. The molecule has 2 aromatic rings. The van der Waals surface area contributed by atoms with Gasteiger partial charge in [-0.3, -0.25) is 4.79 Å². The Bertz CT molecular complexity index is 737. The minimum atomic E-state index is 0.0699. The van der Waals surface area contributed by atoms with Crippen LogP contribution in [0.5, 0.6) is 0 Å². The normalized spacial score (nSPS) is 14.7. The Kier molecular flexibility index (Phi) is 7.61. The van der Waals surface area contributed by atoms with E-state index in [9.17, 15) is 4.79 Å². The number of carbonyl (C=O) groups is 1. The van der Waals surface area contributed by atoms with E-state index in [4.69, 9.17) is 11.6 Å². The van der Waals surface area contributed by atoms with Crippen LogP contribution >= 0.6 is 11.6 Å². The first-order valence-electron chi connectivity index (χ1n) is 10.2. The molecule has 0 bridgehead atoms. The van der Waals surface area contributed by atoms with Crippen LogP contribution in [0.2, 0.25) is 5.02 Å². The minimum absolute atomic E-state index is 0.0699. The number of halogens is 1. The van der Waals surface area contributed by atoms with Crippen molar-refractivity contribution in [3.63, 3.8) is 0 Å². The van der Waals surface area contributed by atoms with Gasteiger partial charge in [0, 0.05) is 49.0 Å². The number of anilines is 2. The third kappa shape index (κ3) is 6.45. The molecule has 2 N–H and O–H groups in total. The Hall–Kier alpha value is -2.20. The van der Waals surface area contributed by atoms with E-state index >= 15 is 0 Å². The zero-order valence-corrected chi connectivity index (χ0v) is 17.3. The van der Waals surface area contributed by atoms with E-state index in [0.29, 0.717) is 19.5 Å². The fourth-order valence-electron chi connectivity index (χ4n) is 3.46. The molecule has 1 aliphatic heterocycles. The number of rotatable bonds is 8. The molecule has 4 nitrogen and oxygen atoms in total. The van der Waals surface area contributed by atoms with E-state index < -0.39 is 0 Å². The van der Waals surface area contributed by atoms with Crippen molar-refractivity contribution >= 4 is 28.9 Å². The molecule has 28 heavy (non-hydrogen) atoms. The van der Waals surface area contributed by atoms with Gasteiger partial charge in [-0.2, -0.15) is 0 Å². The highest BCUT2D eigenvalue weighted by Gasteiger charge is 2.15. The van der Waals surface area contributed by atoms with Crippen molar-refractivity contribution in [1.29, 1.82) is 0 Å². The van der Waals surface area contributed by atoms with Gasteiger partial charge < -0.3 is 15.5 Å². The molecule has 0 aromatic heterocycles. The lowest BCUT2D eigenvalue weighted by atomic mass is 9.99. The largest absolute Gasteiger partial charge is 0.385 e. The zero-order valence-electron chi connectivity index (χ0n) is 16.6. The highest BCUT2D eigenvalue weighted by Crippen LogP contribution is 2.24. The Morgan fingerprint density at radius 1 is 1.04 bits per heavy atom. The van der Waals surface area contributed by atoms with E-state index in [-0.39, 0.29) is 5.91 Å². The highest BCUT2D eigenvalue weighted by atomic mass is 35.5. The van der Waals surface area contributed by atoms with Crippen LogP contribution in [0, 0.1) is 5.92 Å². The van der Waals surface area contributed by atoms with Crippen LogP contribution in [0.4, 0.5) is 11.4 Å². The van der Waals surface area contributed by atoms with Crippen LogP contribution in [0.25, 0.3) is 0 Å². The maximum atomic E-state index is 12.0. The summed E-state index contributed by atoms with van der Waals surface area (Å²) in [5.74, 6) is 0.912. The number of carbonyl (C=O) groups excluding carboxylic acids is 1. The number of hydrogen-bond donors (Lipinski definition) is 2. The number of amides is 1. The van der Waals surface area contributed by atoms with Crippen LogP contribution in [-0.2, 0) is 11.2 Å². The molecule has 1 aliphatic rings. The molecule has 3 rings (SSSR count). The summed E-state index contributed by atoms with van der Waals surface area (Å²) in [7, 11) is 0. The second-order valence-corrected chi connectivity index (χ2v) is 8.06. The third-order valence-electron chi connectivity index (χ3n) is 5.35. The number of nitrogens with zero attached hydrogens (tertiary/aromatic N) is 1. The SMILES string of the molecule is CC1CCN(c2ccc(NCCC(=O)NCCc3ccc(Cl)cc3)cc2)CC1. The van der Waals surface area contributed by atoms with Gasteiger partial charge in [0.05, 0.1) is 0 Å². The van der Waals surface area contributed by atoms with Crippen molar-refractivity contribution in [2.24, 2.45) is 5.92 Å². The van der Waals surface area contributed by atoms with Gasteiger partial charge in [-0.15, -0.1) is 0 Å². The fourth-order valence-corrected chi connectivity index (χ4v) is 3.59. The van der Waals surface area contributed by atoms with Crippen molar-refractivity contribution in [3.05, 3.63) is 59.1 Å². The predicted molar refractivity (Wildman–Crippen MR) is 118 cm³/mol. The molecular formula is C23H30ClN3O. The first kappa shape index (κ1) is 20.5. The highest BCUT2D eigenvalue weighted by molar-refractivity contribution is 6.30. The minimum Gasteiger partial charge on any atom is -0.385 e. The van der Waals surface area contributed by atoms with Crippen molar-refractivity contribution in [2.45, 2.75) is 32.6 Å². The molecule has 1 amide bonds. The third-order valence-corrected chi connectivity index (χ3v) is 5.60. The van der Waals surface area contributed by atoms with Crippen LogP contribution in [0.1, 0.15) is 31.7 Å². The van der Waals surface area contributed by atoms with E-state index in [2.05, 4.69) is 46.7 Å². The molecule has 0 unspecified atom stereocenters. The van der Waals surface area contributed by atoms with E-state index in [1.54, 1.807) is 0 Å². The summed E-state index contributed by atoms with van der Waals surface area (Å²) in [5.41, 5.74) is 3.52. The number of nitrogens with one attached hydrogen (secondary N) is 2. The summed E-state index contributed by atoms with van der Waals surface area (Å²) >= 11 is 5.88. The molecule has 1 saturated heterocycles. The summed E-state index contributed by atoms with van der Waals surface area (Å²) in [6.45, 7) is 5.89. The van der Waals surface area contributed by atoms with Crippen LogP contribution in [0.15, 0.2) is 48.5 Å². The average Bonchev–Trinajstić information content (AvgIpc) is 2.71. The number of piperidine rings is 1. The van der Waals surface area contributed by atoms with E-state index in [1.807, 2.05) is 24.3 Å². The Morgan fingerprint density at radius 3 is 2.39 bits per heavy atom. The molecule has 0 atom stereocenters. The molecule has 0 saturated carbocycles. The number of hydrogen-bond acceptors (Lipinski definition) is 3. The van der Waals surface area contributed by atoms with E-state index in [0.717, 1.165) is 36.1 Å². The number of benzene rings is 2. The monoisotopic (exact) mass is 399 g/mol. The molecule has 1 heterocycles. The first-order valence-corrected chi connectivity index (χ1v) is 10.6. The summed E-state index contributed by atoms with van der Waals surface area (Å²) < 4.78 is 0. The summed E-state index contributed by atoms with van der Waals surface area (Å²) in [6.07, 6.45) is 3.82. The molecule has 150 valence electrons. The van der Waals surface area contributed by atoms with Crippen molar-refractivity contribution < 1.29 is 4.79 Å². The van der Waals surface area contributed by atoms with Gasteiger partial charge in [0.1, 0.15) is 0 Å². The molecule has 1 fully saturated rings. The van der Waals surface area contributed by atoms with Gasteiger partial charge in [0.15, 0.2) is 0 Å². The molecule has 0 spiro atoms. The summed E-state index contributed by atoms with van der Waals surface area (Å²) in [4.78, 5) is 14.4. The predicted octanol–water partition coefficient (Wildman–Crippen LogP) is 4.74. The maximum absolute atomic E-state index is 12.0. The lowest BCUT2D eigenvalue weighted by Crippen LogP contribution is -2.32. The molecular weight excluding hydrogens is 370 g/mol. The molecule has 0 aliphatic carbocycles. The van der Waals surface area contributed by atoms with Gasteiger partial charge in [-0.25, -0.2) is 0 Å². The van der Waals surface area contributed by atoms with Crippen LogP contribution in [-0.4, -0.2) is 32.1 Å². The Balaban J connectivity index is 1.33. The van der Waals surface area contributed by atoms with Crippen molar-refractivity contribution in [1.82, 2.24) is 5.32 Å². The smallest absolute Gasteiger partial charge is 0.221 e. The van der Waals surface area contributed by atoms with Gasteiger partial charge in [-0.1, -0.05) is 30.7 Å². The molecule has 2 aromatic carbocycles. The van der Waals surface area contributed by atoms with Crippen LogP contribution in [0.3, 0.4) is 0 Å². The Labute approximate surface area is 173 Å². The second kappa shape index (κ2) is 10.4. The quantitative estimate of drug-likeness (QED) is 0.674. The van der Waals surface area contributed by atoms with Crippen molar-refractivity contribution in [3.8, 4) is 0 Å². The standard InChI is InChI=1S/C23H30ClN3O/c1-18-12-16-27(17-13-18)22-8-6-21(7-9-22)25-15-11-23(28)26-14-10-19-2-4-20(24)5-3-19/h2-9,18,25H,10-17H2,1H3,(H,26,28). The maximum Gasteiger partial charge on any atom is 0.221 e. The van der Waals surface area contributed by atoms with E-state index in [1.165, 1.54) is 24.1 Å². The van der Waals surface area contributed by atoms with Gasteiger partial charge in [0.2, 0.25) is 5.91 Å². The van der Waals surface area contributed by atoms with Crippen molar-refractivity contribution in [2.75, 3.05) is 36.4 Å². The van der Waals surface area contributed by atoms with Gasteiger partial charge in [0.25, 0.3) is 0 Å². The lowest BCUT2D eigenvalue weighted by Gasteiger charge is -2.32. The van der Waals surface area contributed by atoms with Gasteiger partial charge >= 0.3 is 0 Å². The van der Waals surface area contributed by atoms with Crippen LogP contribution < -0.4 is 15.5 Å².